The Labute approximate surface area is 443 Å². The quantitative estimate of drug-likeness (QED) is 0.0527. The molecule has 0 bridgehead atoms. The molecule has 4 saturated heterocycles. The zero-order valence-corrected chi connectivity index (χ0v) is 50.1. The number of halogens is 1. The second kappa shape index (κ2) is 23.3. The van der Waals surface area contributed by atoms with Crippen LogP contribution in [-0.4, -0.2) is 122 Å². The summed E-state index contributed by atoms with van der Waals surface area (Å²) in [7, 11) is -3.86. The Morgan fingerprint density at radius 1 is 0.765 bits per heavy atom. The number of rotatable bonds is 10. The van der Waals surface area contributed by atoms with E-state index >= 15 is 0 Å². The number of aliphatic hydroxyl groups is 1. The molecule has 14 nitrogen and oxygen atoms in total. The van der Waals surface area contributed by atoms with Crippen LogP contribution in [0.25, 0.3) is 21.8 Å². The van der Waals surface area contributed by atoms with Crippen molar-refractivity contribution in [1.29, 1.82) is 0 Å². The average molecular weight is 1110 g/mol. The number of thioether (sulfide) groups is 2. The molecule has 0 saturated carbocycles. The van der Waals surface area contributed by atoms with Gasteiger partial charge in [0.15, 0.2) is 40.4 Å². The van der Waals surface area contributed by atoms with Gasteiger partial charge in [-0.1, -0.05) is 54.9 Å². The summed E-state index contributed by atoms with van der Waals surface area (Å²) in [6.45, 7) is 35.7. The Bertz CT molecular complexity index is 2310. The average Bonchev–Trinajstić information content (AvgIpc) is 4.09. The summed E-state index contributed by atoms with van der Waals surface area (Å²) in [4.78, 5) is 29.6. The molecule has 0 aliphatic carbocycles. The Morgan fingerprint density at radius 3 is 1.75 bits per heavy atom. The number of carbonyl (C=O) groups excluding carboxylic acids is 1. The minimum atomic E-state index is -2.00. The van der Waals surface area contributed by atoms with E-state index in [-0.39, 0.29) is 47.1 Å². The molecule has 68 heavy (non-hydrogen) atoms. The van der Waals surface area contributed by atoms with Gasteiger partial charge in [-0.15, -0.1) is 46.2 Å². The van der Waals surface area contributed by atoms with Gasteiger partial charge in [0.25, 0.3) is 0 Å². The molecule has 0 aromatic carbocycles. The van der Waals surface area contributed by atoms with Gasteiger partial charge in [0.1, 0.15) is 47.1 Å². The molecule has 1 N–H and O–H groups in total. The van der Waals surface area contributed by atoms with E-state index in [9.17, 15) is 9.90 Å². The number of nitrogens with zero attached hydrogens (tertiary/aromatic N) is 4. The van der Waals surface area contributed by atoms with Gasteiger partial charge in [0.05, 0.1) is 32.9 Å². The molecule has 0 radical (unpaired) electrons. The standard InChI is InChI=1S/C21H32N2O5S2Si.C14H26O5Si.C7H5BrN2S2.C4H9.Li/c1-19(2,3)31(7,8)25-9-13-15-16(28-20(4,5)27-15)21(24,26-13)17-14-12(10-30-17)18(29-6)23-11-22-14;1-13(2,3)20(6,7)16-8-9-10-11(12(15)17-9)19-14(4,5)18-10;1-11-7-4-2-12-6(8)5(4)9-3-10-7;1-3-4-2;/h10-11,13,15-16,24H,9H2,1-8H3;9-11H,8H2,1-7H3;2-3H,1H3;1,3-4H2,2H3;/q;;;-1;+1/t13-,15-,16-,21?;9-,10-,11-;;;/m11.../s1. The first-order valence-corrected chi connectivity index (χ1v) is 33.4. The Kier molecular flexibility index (Phi) is 20.6. The van der Waals surface area contributed by atoms with Crippen LogP contribution in [-0.2, 0) is 47.9 Å². The summed E-state index contributed by atoms with van der Waals surface area (Å²) in [6, 6.07) is 0. The maximum Gasteiger partial charge on any atom is 1.00 e. The molecule has 4 aliphatic rings. The van der Waals surface area contributed by atoms with Crippen molar-refractivity contribution < 1.29 is 66.0 Å². The summed E-state index contributed by atoms with van der Waals surface area (Å²) in [6.07, 6.45) is 6.48. The number of carbonyl (C=O) groups is 1. The van der Waals surface area contributed by atoms with E-state index in [0.717, 1.165) is 36.5 Å². The predicted octanol–water partition coefficient (Wildman–Crippen LogP) is 8.75. The molecular formula is C46H72BrLiN4O10S4Si2. The monoisotopic (exact) mass is 1110 g/mol. The van der Waals surface area contributed by atoms with Crippen LogP contribution in [0.5, 0.6) is 0 Å². The molecular weight excluding hydrogens is 1040 g/mol. The van der Waals surface area contributed by atoms with Crippen LogP contribution in [0.3, 0.4) is 0 Å². The first-order chi connectivity index (χ1) is 31.0. The SMILES string of the molecule is CC1(C)O[C@@H]2[C@@H](CO[Si](C)(C)C(C)(C)C)OC(=O)[C@@H]2O1.CSc1ncnc2c(Br)scc12.CSc1ncnc2c(C3(O)O[C@H](CO[Si](C)(C)C(C)(C)C)[C@H]4OC(C)(C)O[C@H]43)scc12.[CH2-]CCC.[Li+]. The number of thiophene rings is 2. The number of hydrogen-bond donors (Lipinski definition) is 1. The zero-order valence-electron chi connectivity index (χ0n) is 43.2. The fourth-order valence-corrected chi connectivity index (χ4v) is 12.6. The van der Waals surface area contributed by atoms with E-state index in [1.54, 1.807) is 41.2 Å². The van der Waals surface area contributed by atoms with Gasteiger partial charge in [0, 0.05) is 21.5 Å². The number of cyclic esters (lactones) is 1. The number of unbranched alkanes of at least 4 members (excludes halogenated alkanes) is 1. The maximum absolute atomic E-state index is 11.8. The summed E-state index contributed by atoms with van der Waals surface area (Å²) in [5.74, 6) is -3.57. The fraction of sp³-hybridized carbons (Fsp3) is 0.696. The normalized spacial score (nSPS) is 26.1. The third kappa shape index (κ3) is 13.6. The van der Waals surface area contributed by atoms with Crippen molar-refractivity contribution in [3.63, 3.8) is 0 Å². The minimum absolute atomic E-state index is 0. The summed E-state index contributed by atoms with van der Waals surface area (Å²) in [5, 5.41) is 20.0. The molecule has 7 atom stereocenters. The number of aromatic nitrogens is 4. The van der Waals surface area contributed by atoms with Gasteiger partial charge in [0.2, 0.25) is 5.79 Å². The van der Waals surface area contributed by atoms with E-state index in [2.05, 4.69) is 123 Å². The molecule has 0 spiro atoms. The Morgan fingerprint density at radius 2 is 1.24 bits per heavy atom. The summed E-state index contributed by atoms with van der Waals surface area (Å²) >= 11 is 9.70. The molecule has 8 heterocycles. The molecule has 8 rings (SSSR count). The van der Waals surface area contributed by atoms with Crippen LogP contribution >= 0.6 is 62.1 Å². The van der Waals surface area contributed by atoms with Crippen LogP contribution in [0, 0.1) is 6.92 Å². The zero-order chi connectivity index (χ0) is 50.1. The van der Waals surface area contributed by atoms with E-state index in [4.69, 9.17) is 37.3 Å². The van der Waals surface area contributed by atoms with Gasteiger partial charge >= 0.3 is 24.8 Å². The number of ether oxygens (including phenoxy) is 6. The van der Waals surface area contributed by atoms with Crippen molar-refractivity contribution in [2.24, 2.45) is 0 Å². The molecule has 4 fully saturated rings. The van der Waals surface area contributed by atoms with Crippen molar-refractivity contribution in [3.8, 4) is 0 Å². The van der Waals surface area contributed by atoms with Crippen molar-refractivity contribution in [3.05, 3.63) is 39.0 Å². The van der Waals surface area contributed by atoms with Crippen molar-refractivity contribution >= 4 is 107 Å². The first kappa shape index (κ1) is 60.0. The van der Waals surface area contributed by atoms with Gasteiger partial charge in [-0.2, -0.15) is 6.42 Å². The van der Waals surface area contributed by atoms with E-state index < -0.39 is 58.4 Å². The molecule has 376 valence electrons. The van der Waals surface area contributed by atoms with Gasteiger partial charge in [-0.05, 0) is 92.4 Å². The summed E-state index contributed by atoms with van der Waals surface area (Å²) in [5.41, 5.74) is 1.70. The second-order valence-corrected chi connectivity index (χ2v) is 35.0. The van der Waals surface area contributed by atoms with Gasteiger partial charge in [-0.3, -0.25) is 0 Å². The van der Waals surface area contributed by atoms with Gasteiger partial charge in [-0.25, -0.2) is 24.7 Å². The minimum Gasteiger partial charge on any atom is -0.455 e. The largest absolute Gasteiger partial charge is 1.00 e. The molecule has 1 unspecified atom stereocenters. The van der Waals surface area contributed by atoms with Crippen molar-refractivity contribution in [2.45, 2.75) is 189 Å². The third-order valence-corrected chi connectivity index (χ3v) is 26.0. The van der Waals surface area contributed by atoms with Crippen LogP contribution in [0.4, 0.5) is 0 Å². The summed E-state index contributed by atoms with van der Waals surface area (Å²) < 4.78 is 49.0. The topological polar surface area (TPSA) is 163 Å². The van der Waals surface area contributed by atoms with Gasteiger partial charge < -0.3 is 49.3 Å². The van der Waals surface area contributed by atoms with E-state index in [1.807, 2.05) is 45.6 Å². The number of hydrogen-bond acceptors (Lipinski definition) is 18. The smallest absolute Gasteiger partial charge is 0.455 e. The molecule has 4 aromatic heterocycles. The Hall–Kier alpha value is -0.559. The molecule has 22 heteroatoms. The Balaban J connectivity index is 0.000000232. The molecule has 4 aliphatic heterocycles. The van der Waals surface area contributed by atoms with Crippen molar-refractivity contribution in [2.75, 3.05) is 25.7 Å². The van der Waals surface area contributed by atoms with Crippen molar-refractivity contribution in [1.82, 2.24) is 19.9 Å². The second-order valence-electron chi connectivity index (χ2n) is 20.7. The van der Waals surface area contributed by atoms with Crippen LogP contribution in [0.15, 0.2) is 37.3 Å². The van der Waals surface area contributed by atoms with Crippen LogP contribution < -0.4 is 18.9 Å². The first-order valence-electron chi connectivity index (χ1n) is 22.5. The van der Waals surface area contributed by atoms with Crippen LogP contribution in [0.2, 0.25) is 36.3 Å². The fourth-order valence-electron chi connectivity index (χ4n) is 6.94. The maximum atomic E-state index is 11.8. The number of esters is 1. The molecule has 0 amide bonds. The number of fused-ring (bicyclic) bond motifs is 4. The molecule has 4 aromatic rings. The van der Waals surface area contributed by atoms with E-state index in [1.165, 1.54) is 24.1 Å². The third-order valence-electron chi connectivity index (χ3n) is 12.8. The predicted molar refractivity (Wildman–Crippen MR) is 279 cm³/mol. The van der Waals surface area contributed by atoms with E-state index in [0.29, 0.717) is 23.6 Å². The van der Waals surface area contributed by atoms with Crippen LogP contribution in [0.1, 0.15) is 93.9 Å².